The smallest absolute Gasteiger partial charge is 0.236 e. The first-order valence-electron chi connectivity index (χ1n) is 9.12. The van der Waals surface area contributed by atoms with Crippen molar-refractivity contribution in [3.63, 3.8) is 0 Å². The standard InChI is InChI=1S/C19H25FN4O/c20-17-13-16(14-21)5-6-18(17)23-11-9-22(10-12-23)15-19(25)24-7-3-1-2-4-8-24/h5-6,13H,1-4,7-12,15H2. The largest absolute Gasteiger partial charge is 0.367 e. The van der Waals surface area contributed by atoms with E-state index in [-0.39, 0.29) is 11.7 Å². The summed E-state index contributed by atoms with van der Waals surface area (Å²) in [4.78, 5) is 18.6. The summed E-state index contributed by atoms with van der Waals surface area (Å²) in [6, 6.07) is 6.55. The molecule has 134 valence electrons. The van der Waals surface area contributed by atoms with Crippen LogP contribution in [0.5, 0.6) is 0 Å². The highest BCUT2D eigenvalue weighted by Crippen LogP contribution is 2.22. The van der Waals surface area contributed by atoms with Gasteiger partial charge in [0.2, 0.25) is 5.91 Å². The summed E-state index contributed by atoms with van der Waals surface area (Å²) in [7, 11) is 0. The van der Waals surface area contributed by atoms with Crippen LogP contribution in [0.25, 0.3) is 0 Å². The van der Waals surface area contributed by atoms with Gasteiger partial charge in [0.25, 0.3) is 0 Å². The van der Waals surface area contributed by atoms with Gasteiger partial charge in [-0.2, -0.15) is 5.26 Å². The van der Waals surface area contributed by atoms with Crippen LogP contribution in [-0.4, -0.2) is 61.5 Å². The molecule has 1 aromatic rings. The van der Waals surface area contributed by atoms with Gasteiger partial charge in [0.05, 0.1) is 23.9 Å². The van der Waals surface area contributed by atoms with Crippen molar-refractivity contribution >= 4 is 11.6 Å². The van der Waals surface area contributed by atoms with Crippen LogP contribution in [0.2, 0.25) is 0 Å². The van der Waals surface area contributed by atoms with Crippen molar-refractivity contribution in [3.05, 3.63) is 29.6 Å². The highest BCUT2D eigenvalue weighted by molar-refractivity contribution is 5.78. The van der Waals surface area contributed by atoms with Gasteiger partial charge in [0, 0.05) is 39.3 Å². The van der Waals surface area contributed by atoms with E-state index < -0.39 is 0 Å². The number of carbonyl (C=O) groups excluding carboxylic acids is 1. The summed E-state index contributed by atoms with van der Waals surface area (Å²) < 4.78 is 14.1. The quantitative estimate of drug-likeness (QED) is 0.844. The molecule has 0 aliphatic carbocycles. The fraction of sp³-hybridized carbons (Fsp3) is 0.579. The predicted molar refractivity (Wildman–Crippen MR) is 94.8 cm³/mol. The molecule has 0 spiro atoms. The molecule has 1 amide bonds. The van der Waals surface area contributed by atoms with Gasteiger partial charge in [-0.15, -0.1) is 0 Å². The van der Waals surface area contributed by atoms with Gasteiger partial charge in [-0.05, 0) is 31.0 Å². The number of hydrogen-bond acceptors (Lipinski definition) is 4. The molecule has 1 aromatic carbocycles. The molecular weight excluding hydrogens is 319 g/mol. The topological polar surface area (TPSA) is 50.6 Å². The van der Waals surface area contributed by atoms with E-state index in [1.807, 2.05) is 15.9 Å². The summed E-state index contributed by atoms with van der Waals surface area (Å²) in [5.74, 6) is -0.131. The number of amides is 1. The lowest BCUT2D eigenvalue weighted by Gasteiger charge is -2.36. The maximum absolute atomic E-state index is 14.1. The molecule has 0 bridgehead atoms. The Bertz CT molecular complexity index is 641. The number of hydrogen-bond donors (Lipinski definition) is 0. The normalized spacial score (nSPS) is 19.4. The minimum atomic E-state index is -0.354. The van der Waals surface area contributed by atoms with Gasteiger partial charge in [0.1, 0.15) is 5.82 Å². The maximum atomic E-state index is 14.1. The molecule has 2 heterocycles. The predicted octanol–water partition coefficient (Wildman–Crippen LogP) is 2.22. The van der Waals surface area contributed by atoms with Gasteiger partial charge >= 0.3 is 0 Å². The first kappa shape index (κ1) is 17.7. The number of benzene rings is 1. The summed E-state index contributed by atoms with van der Waals surface area (Å²) in [6.45, 7) is 5.11. The van der Waals surface area contributed by atoms with E-state index in [2.05, 4.69) is 4.90 Å². The van der Waals surface area contributed by atoms with Crippen molar-refractivity contribution in [2.75, 3.05) is 50.7 Å². The first-order valence-corrected chi connectivity index (χ1v) is 9.12. The number of nitriles is 1. The van der Waals surface area contributed by atoms with Crippen molar-refractivity contribution in [2.24, 2.45) is 0 Å². The monoisotopic (exact) mass is 344 g/mol. The lowest BCUT2D eigenvalue weighted by atomic mass is 10.2. The highest BCUT2D eigenvalue weighted by atomic mass is 19.1. The second-order valence-electron chi connectivity index (χ2n) is 6.84. The molecule has 0 saturated carbocycles. The fourth-order valence-electron chi connectivity index (χ4n) is 3.59. The zero-order valence-electron chi connectivity index (χ0n) is 14.6. The summed E-state index contributed by atoms with van der Waals surface area (Å²) in [6.07, 6.45) is 4.66. The van der Waals surface area contributed by atoms with Crippen LogP contribution in [0.15, 0.2) is 18.2 Å². The molecular formula is C19H25FN4O. The lowest BCUT2D eigenvalue weighted by molar-refractivity contribution is -0.132. The van der Waals surface area contributed by atoms with Crippen LogP contribution < -0.4 is 4.90 Å². The van der Waals surface area contributed by atoms with Gasteiger partial charge in [-0.3, -0.25) is 9.69 Å². The number of piperazine rings is 1. The van der Waals surface area contributed by atoms with E-state index in [1.165, 1.54) is 18.9 Å². The zero-order chi connectivity index (χ0) is 17.6. The van der Waals surface area contributed by atoms with Gasteiger partial charge < -0.3 is 9.80 Å². The lowest BCUT2D eigenvalue weighted by Crippen LogP contribution is -2.50. The van der Waals surface area contributed by atoms with Crippen molar-refractivity contribution in [3.8, 4) is 6.07 Å². The average molecular weight is 344 g/mol. The highest BCUT2D eigenvalue weighted by Gasteiger charge is 2.23. The number of nitrogens with zero attached hydrogens (tertiary/aromatic N) is 4. The minimum Gasteiger partial charge on any atom is -0.367 e. The van der Waals surface area contributed by atoms with Gasteiger partial charge in [-0.25, -0.2) is 4.39 Å². The third-order valence-electron chi connectivity index (χ3n) is 5.11. The molecule has 6 heteroatoms. The van der Waals surface area contributed by atoms with E-state index in [0.29, 0.717) is 30.9 Å². The van der Waals surface area contributed by atoms with Crippen molar-refractivity contribution in [1.29, 1.82) is 5.26 Å². The second-order valence-corrected chi connectivity index (χ2v) is 6.84. The first-order chi connectivity index (χ1) is 12.2. The van der Waals surface area contributed by atoms with E-state index in [9.17, 15) is 9.18 Å². The maximum Gasteiger partial charge on any atom is 0.236 e. The van der Waals surface area contributed by atoms with Crippen molar-refractivity contribution < 1.29 is 9.18 Å². The average Bonchev–Trinajstić information content (AvgIpc) is 2.92. The molecule has 0 radical (unpaired) electrons. The van der Waals surface area contributed by atoms with Crippen LogP contribution in [-0.2, 0) is 4.79 Å². The van der Waals surface area contributed by atoms with Crippen molar-refractivity contribution in [2.45, 2.75) is 25.7 Å². The Morgan fingerprint density at radius 1 is 1.04 bits per heavy atom. The molecule has 2 aliphatic heterocycles. The molecule has 0 atom stereocenters. The van der Waals surface area contributed by atoms with Gasteiger partial charge in [0.15, 0.2) is 0 Å². The number of anilines is 1. The molecule has 2 aliphatic rings. The van der Waals surface area contributed by atoms with Crippen LogP contribution in [0.1, 0.15) is 31.2 Å². The fourth-order valence-corrected chi connectivity index (χ4v) is 3.59. The molecule has 0 N–H and O–H groups in total. The van der Waals surface area contributed by atoms with E-state index in [0.717, 1.165) is 39.0 Å². The Balaban J connectivity index is 1.51. The Morgan fingerprint density at radius 3 is 2.32 bits per heavy atom. The van der Waals surface area contributed by atoms with E-state index in [4.69, 9.17) is 5.26 Å². The van der Waals surface area contributed by atoms with E-state index >= 15 is 0 Å². The molecule has 0 unspecified atom stereocenters. The SMILES string of the molecule is N#Cc1ccc(N2CCN(CC(=O)N3CCCCCC3)CC2)c(F)c1. The third kappa shape index (κ3) is 4.49. The summed E-state index contributed by atoms with van der Waals surface area (Å²) in [5, 5.41) is 8.83. The Morgan fingerprint density at radius 2 is 1.72 bits per heavy atom. The number of rotatable bonds is 3. The van der Waals surface area contributed by atoms with Crippen molar-refractivity contribution in [1.82, 2.24) is 9.80 Å². The van der Waals surface area contributed by atoms with Crippen LogP contribution >= 0.6 is 0 Å². The Hall–Kier alpha value is -2.13. The number of likely N-dealkylation sites (tertiary alicyclic amines) is 1. The van der Waals surface area contributed by atoms with Gasteiger partial charge in [-0.1, -0.05) is 12.8 Å². The van der Waals surface area contributed by atoms with E-state index in [1.54, 1.807) is 12.1 Å². The molecule has 2 saturated heterocycles. The third-order valence-corrected chi connectivity index (χ3v) is 5.11. The Kier molecular flexibility index (Phi) is 5.87. The zero-order valence-corrected chi connectivity index (χ0v) is 14.6. The molecule has 0 aromatic heterocycles. The van der Waals surface area contributed by atoms with Crippen LogP contribution in [0.3, 0.4) is 0 Å². The Labute approximate surface area is 148 Å². The second kappa shape index (κ2) is 8.30. The molecule has 5 nitrogen and oxygen atoms in total. The minimum absolute atomic E-state index is 0.222. The summed E-state index contributed by atoms with van der Waals surface area (Å²) in [5.41, 5.74) is 0.875. The summed E-state index contributed by atoms with van der Waals surface area (Å²) >= 11 is 0. The molecule has 3 rings (SSSR count). The molecule has 25 heavy (non-hydrogen) atoms. The van der Waals surface area contributed by atoms with Crippen LogP contribution in [0, 0.1) is 17.1 Å². The number of carbonyl (C=O) groups is 1. The number of halogens is 1. The molecule has 2 fully saturated rings. The van der Waals surface area contributed by atoms with Crippen LogP contribution in [0.4, 0.5) is 10.1 Å².